The van der Waals surface area contributed by atoms with Gasteiger partial charge in [-0.25, -0.2) is 9.78 Å². The van der Waals surface area contributed by atoms with Gasteiger partial charge in [-0.05, 0) is 38.8 Å². The molecule has 1 heterocycles. The van der Waals surface area contributed by atoms with Crippen molar-refractivity contribution in [1.29, 1.82) is 0 Å². The Bertz CT molecular complexity index is 903. The second-order valence-corrected chi connectivity index (χ2v) is 7.91. The first kappa shape index (κ1) is 19.4. The lowest BCUT2D eigenvalue weighted by Crippen LogP contribution is -2.44. The van der Waals surface area contributed by atoms with Crippen molar-refractivity contribution in [3.8, 4) is 0 Å². The van der Waals surface area contributed by atoms with Crippen LogP contribution < -0.4 is 16.2 Å². The van der Waals surface area contributed by atoms with Gasteiger partial charge in [0.2, 0.25) is 5.91 Å². The largest absolute Gasteiger partial charge is 0.335 e. The first-order chi connectivity index (χ1) is 13.0. The van der Waals surface area contributed by atoms with Crippen molar-refractivity contribution in [2.45, 2.75) is 56.8 Å². The summed E-state index contributed by atoms with van der Waals surface area (Å²) in [6, 6.07) is 6.76. The van der Waals surface area contributed by atoms with E-state index in [0.29, 0.717) is 16.1 Å². The highest BCUT2D eigenvalue weighted by Crippen LogP contribution is 2.21. The van der Waals surface area contributed by atoms with Crippen LogP contribution in [0.3, 0.4) is 0 Å². The van der Waals surface area contributed by atoms with Crippen molar-refractivity contribution in [2.24, 2.45) is 0 Å². The van der Waals surface area contributed by atoms with Crippen LogP contribution in [0.2, 0.25) is 0 Å². The van der Waals surface area contributed by atoms with E-state index < -0.39 is 11.9 Å². The van der Waals surface area contributed by atoms with Crippen molar-refractivity contribution >= 4 is 34.6 Å². The van der Waals surface area contributed by atoms with Crippen molar-refractivity contribution in [1.82, 2.24) is 20.2 Å². The lowest BCUT2D eigenvalue weighted by Gasteiger charge is -2.16. The molecule has 0 spiro atoms. The topological polar surface area (TPSA) is 93.1 Å². The third-order valence-corrected chi connectivity index (χ3v) is 5.52. The molecule has 7 nitrogen and oxygen atoms in total. The molecule has 0 atom stereocenters. The number of nitrogens with one attached hydrogen (secondary N) is 2. The van der Waals surface area contributed by atoms with E-state index in [0.717, 1.165) is 37.4 Å². The fourth-order valence-electron chi connectivity index (χ4n) is 3.27. The number of hydrogen-bond donors (Lipinski definition) is 2. The van der Waals surface area contributed by atoms with Gasteiger partial charge in [-0.15, -0.1) is 0 Å². The van der Waals surface area contributed by atoms with Gasteiger partial charge in [0, 0.05) is 12.1 Å². The number of para-hydroxylation sites is 1. The normalized spacial score (nSPS) is 14.6. The van der Waals surface area contributed by atoms with Crippen LogP contribution in [-0.4, -0.2) is 33.3 Å². The highest BCUT2D eigenvalue weighted by atomic mass is 32.2. The molecule has 3 rings (SSSR count). The number of amides is 3. The van der Waals surface area contributed by atoms with Crippen LogP contribution in [0.25, 0.3) is 10.9 Å². The Morgan fingerprint density at radius 3 is 2.67 bits per heavy atom. The number of aromatic nitrogens is 2. The molecular formula is C19H24N4O3S. The lowest BCUT2D eigenvalue weighted by molar-refractivity contribution is -0.117. The molecule has 2 aromatic rings. The Hall–Kier alpha value is -2.35. The highest BCUT2D eigenvalue weighted by Gasteiger charge is 2.19. The van der Waals surface area contributed by atoms with Crippen LogP contribution in [0.1, 0.15) is 45.6 Å². The molecule has 8 heteroatoms. The molecule has 0 unspecified atom stereocenters. The van der Waals surface area contributed by atoms with E-state index in [1.807, 2.05) is 19.9 Å². The SMILES string of the molecule is CC(C)n1c(SCC(=O)NC(=O)NC2CCCC2)nc2ccccc2c1=O. The summed E-state index contributed by atoms with van der Waals surface area (Å²) >= 11 is 1.16. The van der Waals surface area contributed by atoms with E-state index in [9.17, 15) is 14.4 Å². The van der Waals surface area contributed by atoms with Crippen molar-refractivity contribution < 1.29 is 9.59 Å². The molecule has 2 N–H and O–H groups in total. The maximum absolute atomic E-state index is 12.8. The van der Waals surface area contributed by atoms with Crippen LogP contribution in [0.15, 0.2) is 34.2 Å². The third-order valence-electron chi connectivity index (χ3n) is 4.57. The monoisotopic (exact) mass is 388 g/mol. The second kappa shape index (κ2) is 8.56. The Morgan fingerprint density at radius 2 is 1.96 bits per heavy atom. The predicted octanol–water partition coefficient (Wildman–Crippen LogP) is 2.84. The molecule has 0 saturated heterocycles. The molecule has 144 valence electrons. The van der Waals surface area contributed by atoms with Crippen LogP contribution in [0.5, 0.6) is 0 Å². The van der Waals surface area contributed by atoms with Gasteiger partial charge >= 0.3 is 6.03 Å². The number of carbonyl (C=O) groups excluding carboxylic acids is 2. The predicted molar refractivity (Wildman–Crippen MR) is 106 cm³/mol. The van der Waals surface area contributed by atoms with E-state index in [1.165, 1.54) is 0 Å². The molecule has 0 bridgehead atoms. The maximum Gasteiger partial charge on any atom is 0.321 e. The summed E-state index contributed by atoms with van der Waals surface area (Å²) in [6.07, 6.45) is 4.13. The number of imide groups is 1. The van der Waals surface area contributed by atoms with E-state index >= 15 is 0 Å². The van der Waals surface area contributed by atoms with Gasteiger partial charge in [0.1, 0.15) is 0 Å². The summed E-state index contributed by atoms with van der Waals surface area (Å²) in [6.45, 7) is 3.80. The van der Waals surface area contributed by atoms with E-state index in [-0.39, 0.29) is 23.4 Å². The summed E-state index contributed by atoms with van der Waals surface area (Å²) in [7, 11) is 0. The van der Waals surface area contributed by atoms with Gasteiger partial charge in [-0.3, -0.25) is 19.5 Å². The number of carbonyl (C=O) groups is 2. The van der Waals surface area contributed by atoms with Crippen molar-refractivity contribution in [2.75, 3.05) is 5.75 Å². The van der Waals surface area contributed by atoms with Gasteiger partial charge in [0.15, 0.2) is 5.16 Å². The summed E-state index contributed by atoms with van der Waals surface area (Å²) in [4.78, 5) is 41.3. The molecule has 3 amide bonds. The van der Waals surface area contributed by atoms with Crippen LogP contribution in [0.4, 0.5) is 4.79 Å². The Morgan fingerprint density at radius 1 is 1.26 bits per heavy atom. The number of rotatable bonds is 5. The molecule has 1 aliphatic carbocycles. The molecule has 27 heavy (non-hydrogen) atoms. The average Bonchev–Trinajstić information content (AvgIpc) is 3.12. The Balaban J connectivity index is 1.68. The van der Waals surface area contributed by atoms with Gasteiger partial charge in [0.25, 0.3) is 5.56 Å². The Labute approximate surface area is 161 Å². The summed E-state index contributed by atoms with van der Waals surface area (Å²) in [5, 5.41) is 6.20. The highest BCUT2D eigenvalue weighted by molar-refractivity contribution is 7.99. The van der Waals surface area contributed by atoms with Gasteiger partial charge in [-0.1, -0.05) is 36.7 Å². The quantitative estimate of drug-likeness (QED) is 0.607. The van der Waals surface area contributed by atoms with Crippen molar-refractivity contribution in [3.05, 3.63) is 34.6 Å². The molecule has 1 fully saturated rings. The standard InChI is InChI=1S/C19H24N4O3S/c1-12(2)23-17(25)14-9-5-6-10-15(14)21-19(23)27-11-16(24)22-18(26)20-13-7-3-4-8-13/h5-6,9-10,12-13H,3-4,7-8,11H2,1-2H3,(H2,20,22,24,26). The molecule has 1 aromatic carbocycles. The number of benzene rings is 1. The summed E-state index contributed by atoms with van der Waals surface area (Å²) < 4.78 is 1.58. The van der Waals surface area contributed by atoms with Gasteiger partial charge < -0.3 is 5.32 Å². The molecule has 1 aromatic heterocycles. The zero-order chi connectivity index (χ0) is 19.4. The Kier molecular flexibility index (Phi) is 6.15. The van der Waals surface area contributed by atoms with E-state index in [2.05, 4.69) is 15.6 Å². The lowest BCUT2D eigenvalue weighted by atomic mass is 10.2. The minimum Gasteiger partial charge on any atom is -0.335 e. The summed E-state index contributed by atoms with van der Waals surface area (Å²) in [5.74, 6) is -0.400. The fraction of sp³-hybridized carbons (Fsp3) is 0.474. The molecular weight excluding hydrogens is 364 g/mol. The van der Waals surface area contributed by atoms with E-state index in [1.54, 1.807) is 22.8 Å². The van der Waals surface area contributed by atoms with Crippen LogP contribution in [-0.2, 0) is 4.79 Å². The minimum absolute atomic E-state index is 0.00951. The molecule has 0 aliphatic heterocycles. The van der Waals surface area contributed by atoms with E-state index in [4.69, 9.17) is 0 Å². The molecule has 1 aliphatic rings. The van der Waals surface area contributed by atoms with Crippen LogP contribution in [0, 0.1) is 0 Å². The maximum atomic E-state index is 12.8. The number of urea groups is 1. The van der Waals surface area contributed by atoms with Crippen molar-refractivity contribution in [3.63, 3.8) is 0 Å². The zero-order valence-corrected chi connectivity index (χ0v) is 16.3. The third kappa shape index (κ3) is 4.68. The second-order valence-electron chi connectivity index (χ2n) is 6.97. The van der Waals surface area contributed by atoms with Crippen LogP contribution >= 0.6 is 11.8 Å². The number of thioether (sulfide) groups is 1. The molecule has 1 saturated carbocycles. The number of hydrogen-bond acceptors (Lipinski definition) is 5. The number of nitrogens with zero attached hydrogens (tertiary/aromatic N) is 2. The molecule has 0 radical (unpaired) electrons. The fourth-order valence-corrected chi connectivity index (χ4v) is 4.20. The minimum atomic E-state index is -0.458. The summed E-state index contributed by atoms with van der Waals surface area (Å²) in [5.41, 5.74) is 0.471. The smallest absolute Gasteiger partial charge is 0.321 e. The average molecular weight is 388 g/mol. The van der Waals surface area contributed by atoms with Gasteiger partial charge in [-0.2, -0.15) is 0 Å². The zero-order valence-electron chi connectivity index (χ0n) is 15.5. The first-order valence-electron chi connectivity index (χ1n) is 9.20. The first-order valence-corrected chi connectivity index (χ1v) is 10.2. The van der Waals surface area contributed by atoms with Gasteiger partial charge in [0.05, 0.1) is 16.7 Å². The number of fused-ring (bicyclic) bond motifs is 1.